The van der Waals surface area contributed by atoms with Crippen LogP contribution in [0.1, 0.15) is 36.0 Å². The lowest BCUT2D eigenvalue weighted by Gasteiger charge is -2.34. The van der Waals surface area contributed by atoms with Crippen LogP contribution in [-0.4, -0.2) is 62.0 Å². The van der Waals surface area contributed by atoms with E-state index in [0.717, 1.165) is 0 Å². The summed E-state index contributed by atoms with van der Waals surface area (Å²) in [5.74, 6) is 1.69. The molecule has 1 aromatic rings. The maximum Gasteiger partial charge on any atom is 0.254 e. The molecule has 1 heterocycles. The smallest absolute Gasteiger partial charge is 0.254 e. The van der Waals surface area contributed by atoms with Crippen LogP contribution in [0, 0.1) is 5.92 Å². The Morgan fingerprint density at radius 3 is 2.22 bits per heavy atom. The lowest BCUT2D eigenvalue weighted by atomic mass is 10.1. The number of piperazine rings is 1. The van der Waals surface area contributed by atoms with Crippen LogP contribution in [0.5, 0.6) is 11.5 Å². The molecule has 3 rings (SSSR count). The van der Waals surface area contributed by atoms with Gasteiger partial charge >= 0.3 is 0 Å². The summed E-state index contributed by atoms with van der Waals surface area (Å²) in [4.78, 5) is 28.7. The second kappa shape index (κ2) is 8.93. The molecule has 1 saturated carbocycles. The van der Waals surface area contributed by atoms with Crippen molar-refractivity contribution in [1.82, 2.24) is 9.80 Å². The van der Waals surface area contributed by atoms with Gasteiger partial charge in [-0.2, -0.15) is 0 Å². The first-order chi connectivity index (χ1) is 13.1. The zero-order valence-electron chi connectivity index (χ0n) is 16.1. The Hall–Kier alpha value is -2.50. The Kier molecular flexibility index (Phi) is 6.37. The first-order valence-electron chi connectivity index (χ1n) is 9.60. The van der Waals surface area contributed by atoms with Crippen molar-refractivity contribution >= 4 is 11.8 Å². The van der Waals surface area contributed by atoms with Crippen molar-refractivity contribution in [2.75, 3.05) is 40.4 Å². The van der Waals surface area contributed by atoms with Gasteiger partial charge in [-0.3, -0.25) is 9.59 Å². The first-order valence-corrected chi connectivity index (χ1v) is 9.60. The molecule has 0 bridgehead atoms. The number of nitrogens with zero attached hydrogens (tertiary/aromatic N) is 2. The van der Waals surface area contributed by atoms with E-state index >= 15 is 0 Å². The predicted octanol–water partition coefficient (Wildman–Crippen LogP) is 2.73. The third-order valence-electron chi connectivity index (χ3n) is 5.42. The number of carbonyl (C=O) groups excluding carboxylic acids is 2. The van der Waals surface area contributed by atoms with E-state index < -0.39 is 0 Å². The van der Waals surface area contributed by atoms with Crippen LogP contribution in [0.2, 0.25) is 0 Å². The Balaban J connectivity index is 1.55. The van der Waals surface area contributed by atoms with Crippen molar-refractivity contribution in [1.29, 1.82) is 0 Å². The van der Waals surface area contributed by atoms with Crippen LogP contribution in [-0.2, 0) is 4.79 Å². The number of benzene rings is 1. The van der Waals surface area contributed by atoms with E-state index in [1.807, 2.05) is 4.90 Å². The lowest BCUT2D eigenvalue weighted by Crippen LogP contribution is -2.50. The lowest BCUT2D eigenvalue weighted by molar-refractivity contribution is -0.127. The molecule has 1 aliphatic heterocycles. The predicted molar refractivity (Wildman–Crippen MR) is 103 cm³/mol. The fourth-order valence-electron chi connectivity index (χ4n) is 3.76. The molecule has 0 atom stereocenters. The number of hydrogen-bond donors (Lipinski definition) is 0. The van der Waals surface area contributed by atoms with Crippen molar-refractivity contribution in [2.24, 2.45) is 5.92 Å². The normalized spacial score (nSPS) is 18.1. The Bertz CT molecular complexity index is 702. The van der Waals surface area contributed by atoms with Crippen molar-refractivity contribution in [3.05, 3.63) is 35.9 Å². The minimum Gasteiger partial charge on any atom is -0.493 e. The Morgan fingerprint density at radius 2 is 1.59 bits per heavy atom. The molecule has 0 unspecified atom stereocenters. The molecule has 2 amide bonds. The van der Waals surface area contributed by atoms with Gasteiger partial charge in [-0.05, 0) is 43.0 Å². The van der Waals surface area contributed by atoms with Gasteiger partial charge < -0.3 is 19.3 Å². The highest BCUT2D eigenvalue weighted by atomic mass is 16.5. The number of rotatable bonds is 5. The van der Waals surface area contributed by atoms with Crippen molar-refractivity contribution in [3.63, 3.8) is 0 Å². The molecule has 27 heavy (non-hydrogen) atoms. The number of carbonyl (C=O) groups is 2. The molecule has 0 N–H and O–H groups in total. The van der Waals surface area contributed by atoms with E-state index in [2.05, 4.69) is 6.08 Å². The quantitative estimate of drug-likeness (QED) is 0.746. The van der Waals surface area contributed by atoms with Crippen molar-refractivity contribution in [3.8, 4) is 11.5 Å². The molecular weight excluding hydrogens is 344 g/mol. The summed E-state index contributed by atoms with van der Waals surface area (Å²) in [6, 6.07) is 5.17. The maximum absolute atomic E-state index is 12.8. The second-order valence-corrected chi connectivity index (χ2v) is 7.09. The van der Waals surface area contributed by atoms with E-state index in [4.69, 9.17) is 9.47 Å². The summed E-state index contributed by atoms with van der Waals surface area (Å²) in [5, 5.41) is 0. The van der Waals surface area contributed by atoms with Crippen LogP contribution in [0.4, 0.5) is 0 Å². The van der Waals surface area contributed by atoms with Crippen molar-refractivity contribution < 1.29 is 19.1 Å². The topological polar surface area (TPSA) is 59.1 Å². The average Bonchev–Trinajstić information content (AvgIpc) is 3.24. The average molecular weight is 372 g/mol. The van der Waals surface area contributed by atoms with Crippen LogP contribution >= 0.6 is 0 Å². The molecule has 0 aromatic heterocycles. The van der Waals surface area contributed by atoms with Gasteiger partial charge in [-0.15, -0.1) is 0 Å². The molecule has 146 valence electrons. The van der Waals surface area contributed by atoms with E-state index in [0.29, 0.717) is 49.2 Å². The zero-order valence-corrected chi connectivity index (χ0v) is 16.1. The minimum absolute atomic E-state index is 0.0513. The largest absolute Gasteiger partial charge is 0.493 e. The summed E-state index contributed by atoms with van der Waals surface area (Å²) in [6.07, 6.45) is 8.70. The molecule has 0 spiro atoms. The summed E-state index contributed by atoms with van der Waals surface area (Å²) >= 11 is 0. The summed E-state index contributed by atoms with van der Waals surface area (Å²) in [6.45, 7) is 2.20. The van der Waals surface area contributed by atoms with E-state index in [1.165, 1.54) is 25.7 Å². The molecule has 6 nitrogen and oxygen atoms in total. The van der Waals surface area contributed by atoms with Gasteiger partial charge in [0.25, 0.3) is 5.91 Å². The van der Waals surface area contributed by atoms with Crippen LogP contribution in [0.25, 0.3) is 0 Å². The van der Waals surface area contributed by atoms with Crippen LogP contribution in [0.3, 0.4) is 0 Å². The number of ether oxygens (including phenoxy) is 2. The number of allylic oxidation sites excluding steroid dienone is 1. The minimum atomic E-state index is -0.0513. The number of methoxy groups -OCH3 is 2. The Labute approximate surface area is 160 Å². The summed E-state index contributed by atoms with van der Waals surface area (Å²) in [5.41, 5.74) is 0.563. The molecule has 0 radical (unpaired) electrons. The first kappa shape index (κ1) is 19.3. The van der Waals surface area contributed by atoms with Gasteiger partial charge in [0.2, 0.25) is 5.91 Å². The molecular formula is C21H28N2O4. The van der Waals surface area contributed by atoms with Crippen LogP contribution < -0.4 is 9.47 Å². The summed E-state index contributed by atoms with van der Waals surface area (Å²) in [7, 11) is 3.12. The van der Waals surface area contributed by atoms with Crippen molar-refractivity contribution in [2.45, 2.75) is 25.7 Å². The van der Waals surface area contributed by atoms with E-state index in [9.17, 15) is 9.59 Å². The highest BCUT2D eigenvalue weighted by Crippen LogP contribution is 2.28. The molecule has 1 aliphatic carbocycles. The fraction of sp³-hybridized carbons (Fsp3) is 0.524. The summed E-state index contributed by atoms with van der Waals surface area (Å²) < 4.78 is 10.5. The van der Waals surface area contributed by atoms with E-state index in [-0.39, 0.29) is 11.8 Å². The number of amides is 2. The highest BCUT2D eigenvalue weighted by molar-refractivity contribution is 5.95. The van der Waals surface area contributed by atoms with E-state index in [1.54, 1.807) is 43.4 Å². The SMILES string of the molecule is COc1ccc(C(=O)N2CCN(C(=O)/C=C/C3CCCC3)CC2)cc1OC. The van der Waals surface area contributed by atoms with Gasteiger partial charge in [0.1, 0.15) is 0 Å². The molecule has 2 fully saturated rings. The van der Waals surface area contributed by atoms with Gasteiger partial charge in [0, 0.05) is 31.7 Å². The van der Waals surface area contributed by atoms with Gasteiger partial charge in [0.05, 0.1) is 14.2 Å². The molecule has 2 aliphatic rings. The monoisotopic (exact) mass is 372 g/mol. The van der Waals surface area contributed by atoms with Gasteiger partial charge in [0.15, 0.2) is 11.5 Å². The number of hydrogen-bond acceptors (Lipinski definition) is 4. The molecule has 1 saturated heterocycles. The fourth-order valence-corrected chi connectivity index (χ4v) is 3.76. The zero-order chi connectivity index (χ0) is 19.2. The Morgan fingerprint density at radius 1 is 0.963 bits per heavy atom. The standard InChI is InChI=1S/C21H28N2O4/c1-26-18-9-8-17(15-19(18)27-2)21(25)23-13-11-22(12-14-23)20(24)10-7-16-5-3-4-6-16/h7-10,15-16H,3-6,11-14H2,1-2H3/b10-7+. The highest BCUT2D eigenvalue weighted by Gasteiger charge is 2.25. The van der Waals surface area contributed by atoms with Gasteiger partial charge in [-0.25, -0.2) is 0 Å². The maximum atomic E-state index is 12.8. The third kappa shape index (κ3) is 4.62. The third-order valence-corrected chi connectivity index (χ3v) is 5.42. The molecule has 6 heteroatoms. The van der Waals surface area contributed by atoms with Gasteiger partial charge in [-0.1, -0.05) is 18.9 Å². The molecule has 1 aromatic carbocycles. The second-order valence-electron chi connectivity index (χ2n) is 7.09. The van der Waals surface area contributed by atoms with Crippen LogP contribution in [0.15, 0.2) is 30.4 Å².